The molecule has 10 aromatic carbocycles. The third kappa shape index (κ3) is 4.56. The summed E-state index contributed by atoms with van der Waals surface area (Å²) in [5.74, 6) is 0. The molecule has 0 spiro atoms. The molecular weight excluding hydrogens is 811 g/mol. The molecule has 0 amide bonds. The van der Waals surface area contributed by atoms with Gasteiger partial charge in [0.2, 0.25) is 0 Å². The molecular formula is C64H43N3. The second kappa shape index (κ2) is 13.1. The smallest absolute Gasteiger partial charge is 0.176 e. The van der Waals surface area contributed by atoms with Gasteiger partial charge >= 0.3 is 0 Å². The third-order valence-electron chi connectivity index (χ3n) is 15.6. The first kappa shape index (κ1) is 36.9. The largest absolute Gasteiger partial charge is 0.310 e. The van der Waals surface area contributed by atoms with Crippen LogP contribution in [0.2, 0.25) is 0 Å². The van der Waals surface area contributed by atoms with E-state index >= 15 is 0 Å². The lowest BCUT2D eigenvalue weighted by Gasteiger charge is -2.43. The van der Waals surface area contributed by atoms with Gasteiger partial charge in [-0.15, -0.1) is 0 Å². The molecule has 3 aliphatic rings. The molecule has 0 N–H and O–H groups in total. The Morgan fingerprint density at radius 3 is 1.25 bits per heavy atom. The first-order chi connectivity index (χ1) is 33.0. The lowest BCUT2D eigenvalue weighted by atomic mass is 9.71. The van der Waals surface area contributed by atoms with E-state index < -0.39 is 5.66 Å². The summed E-state index contributed by atoms with van der Waals surface area (Å²) in [6.07, 6.45) is 0. The topological polar surface area (TPSA) is 13.1 Å². The number of hydrogen-bond donors (Lipinski definition) is 0. The highest BCUT2D eigenvalue weighted by Crippen LogP contribution is 2.63. The zero-order valence-electron chi connectivity index (χ0n) is 37.2. The molecule has 12 aromatic rings. The fourth-order valence-electron chi connectivity index (χ4n) is 12.9. The molecule has 15 rings (SSSR count). The molecule has 314 valence electrons. The normalized spacial score (nSPS) is 14.6. The predicted molar refractivity (Wildman–Crippen MR) is 279 cm³/mol. The van der Waals surface area contributed by atoms with Gasteiger partial charge in [-0.05, 0) is 110 Å². The number of fused-ring (bicyclic) bond motifs is 13. The van der Waals surface area contributed by atoms with Crippen molar-refractivity contribution >= 4 is 60.7 Å². The van der Waals surface area contributed by atoms with Crippen molar-refractivity contribution in [1.29, 1.82) is 0 Å². The highest BCUT2D eigenvalue weighted by molar-refractivity contribution is 6.14. The maximum Gasteiger partial charge on any atom is 0.176 e. The summed E-state index contributed by atoms with van der Waals surface area (Å²) in [6.45, 7) is 4.81. The Kier molecular flexibility index (Phi) is 7.22. The van der Waals surface area contributed by atoms with Crippen LogP contribution in [-0.2, 0) is 11.1 Å². The van der Waals surface area contributed by atoms with Crippen LogP contribution in [0, 0.1) is 0 Å². The number of aromatic nitrogens is 2. The minimum atomic E-state index is -0.868. The van der Waals surface area contributed by atoms with Crippen LogP contribution in [0.15, 0.2) is 224 Å². The van der Waals surface area contributed by atoms with Crippen LogP contribution in [0.1, 0.15) is 36.1 Å². The summed E-state index contributed by atoms with van der Waals surface area (Å²) in [7, 11) is 0. The Labute approximate surface area is 389 Å². The van der Waals surface area contributed by atoms with Gasteiger partial charge in [0.1, 0.15) is 0 Å². The Morgan fingerprint density at radius 1 is 0.299 bits per heavy atom. The monoisotopic (exact) mass is 853 g/mol. The molecule has 0 bridgehead atoms. The van der Waals surface area contributed by atoms with Crippen LogP contribution in [0.3, 0.4) is 0 Å². The second-order valence-corrected chi connectivity index (χ2v) is 19.1. The number of rotatable bonds is 3. The number of benzene rings is 10. The van der Waals surface area contributed by atoms with Crippen molar-refractivity contribution in [3.8, 4) is 44.5 Å². The van der Waals surface area contributed by atoms with E-state index in [0.717, 1.165) is 5.69 Å². The lowest BCUT2D eigenvalue weighted by molar-refractivity contribution is 0.416. The summed E-state index contributed by atoms with van der Waals surface area (Å²) >= 11 is 0. The average Bonchev–Trinajstić information content (AvgIpc) is 4.00. The fourth-order valence-corrected chi connectivity index (χ4v) is 12.9. The van der Waals surface area contributed by atoms with E-state index in [2.05, 4.69) is 252 Å². The average molecular weight is 854 g/mol. The Bertz CT molecular complexity index is 3870. The van der Waals surface area contributed by atoms with Crippen molar-refractivity contribution in [2.75, 3.05) is 4.90 Å². The van der Waals surface area contributed by atoms with Gasteiger partial charge in [0.15, 0.2) is 5.66 Å². The first-order valence-corrected chi connectivity index (χ1v) is 23.5. The van der Waals surface area contributed by atoms with Crippen molar-refractivity contribution in [3.63, 3.8) is 0 Å². The molecule has 0 atom stereocenters. The molecule has 2 aliphatic carbocycles. The third-order valence-corrected chi connectivity index (χ3v) is 15.6. The van der Waals surface area contributed by atoms with E-state index in [9.17, 15) is 0 Å². The second-order valence-electron chi connectivity index (χ2n) is 19.1. The standard InChI is InChI=1S/C64H43N3/c1-63(2)51-30-12-17-37-59(51)65(40-20-4-3-5-21-40)60-39-50-48-29-19-32-53-62(48)61-47(41-22-6-7-23-42(41)49(50)38-54(60)63)28-18-31-52(61)64(53,66-55-33-13-8-24-43(55)44-25-9-14-34-56(44)66)67-57-35-15-10-26-45(57)46-27-11-16-36-58(46)67/h3-39H,1-2H3. The van der Waals surface area contributed by atoms with E-state index in [1.54, 1.807) is 0 Å². The van der Waals surface area contributed by atoms with Crippen molar-refractivity contribution in [3.05, 3.63) is 247 Å². The van der Waals surface area contributed by atoms with Gasteiger partial charge < -0.3 is 14.0 Å². The Balaban J connectivity index is 1.16. The summed E-state index contributed by atoms with van der Waals surface area (Å²) in [5, 5.41) is 4.99. The molecule has 1 aliphatic heterocycles. The van der Waals surface area contributed by atoms with E-state index in [4.69, 9.17) is 0 Å². The zero-order valence-corrected chi connectivity index (χ0v) is 37.2. The summed E-state index contributed by atoms with van der Waals surface area (Å²) < 4.78 is 5.39. The van der Waals surface area contributed by atoms with Gasteiger partial charge in [0.25, 0.3) is 0 Å². The highest BCUT2D eigenvalue weighted by Gasteiger charge is 2.52. The number of para-hydroxylation sites is 6. The fraction of sp³-hybridized carbons (Fsp3) is 0.0625. The number of anilines is 3. The van der Waals surface area contributed by atoms with Crippen LogP contribution in [0.5, 0.6) is 0 Å². The summed E-state index contributed by atoms with van der Waals surface area (Å²) in [6, 6.07) is 84.7. The van der Waals surface area contributed by atoms with E-state index in [-0.39, 0.29) is 5.41 Å². The number of nitrogens with zero attached hydrogens (tertiary/aromatic N) is 3. The van der Waals surface area contributed by atoms with Gasteiger partial charge in [-0.2, -0.15) is 0 Å². The maximum atomic E-state index is 2.70. The molecule has 3 heterocycles. The van der Waals surface area contributed by atoms with E-state index in [1.807, 2.05) is 0 Å². The van der Waals surface area contributed by atoms with Gasteiger partial charge in [0.05, 0.1) is 33.4 Å². The van der Waals surface area contributed by atoms with Crippen LogP contribution >= 0.6 is 0 Å². The molecule has 0 saturated carbocycles. The van der Waals surface area contributed by atoms with Crippen LogP contribution in [-0.4, -0.2) is 9.13 Å². The van der Waals surface area contributed by atoms with Crippen LogP contribution in [0.4, 0.5) is 17.1 Å². The SMILES string of the molecule is CC1(C)c2ccccc2N(c2ccccc2)c2cc3c(cc21)-c1ccccc1-c1cccc2c1-c1c-3cccc1C2(n1c2ccccc2c2ccccc21)n1c2ccccc2c2ccccc21. The Hall–Kier alpha value is -8.40. The van der Waals surface area contributed by atoms with Gasteiger partial charge in [0, 0.05) is 43.8 Å². The van der Waals surface area contributed by atoms with Crippen LogP contribution in [0.25, 0.3) is 88.1 Å². The number of hydrogen-bond acceptors (Lipinski definition) is 1. The molecule has 0 saturated heterocycles. The van der Waals surface area contributed by atoms with Crippen molar-refractivity contribution in [2.24, 2.45) is 0 Å². The van der Waals surface area contributed by atoms with Crippen molar-refractivity contribution in [1.82, 2.24) is 9.13 Å². The molecule has 0 fully saturated rings. The van der Waals surface area contributed by atoms with Crippen molar-refractivity contribution < 1.29 is 0 Å². The molecule has 0 unspecified atom stereocenters. The summed E-state index contributed by atoms with van der Waals surface area (Å²) in [5.41, 5.74) is 22.5. The molecule has 2 aromatic heterocycles. The molecule has 3 nitrogen and oxygen atoms in total. The van der Waals surface area contributed by atoms with Crippen LogP contribution < -0.4 is 4.90 Å². The molecule has 3 heteroatoms. The quantitative estimate of drug-likeness (QED) is 0.173. The van der Waals surface area contributed by atoms with Gasteiger partial charge in [-0.1, -0.05) is 184 Å². The minimum absolute atomic E-state index is 0.268. The lowest BCUT2D eigenvalue weighted by Crippen LogP contribution is -2.41. The van der Waals surface area contributed by atoms with E-state index in [1.165, 1.54) is 122 Å². The Morgan fingerprint density at radius 2 is 0.701 bits per heavy atom. The van der Waals surface area contributed by atoms with Gasteiger partial charge in [-0.3, -0.25) is 0 Å². The molecule has 0 radical (unpaired) electrons. The van der Waals surface area contributed by atoms with Gasteiger partial charge in [-0.25, -0.2) is 0 Å². The van der Waals surface area contributed by atoms with Crippen molar-refractivity contribution in [2.45, 2.75) is 24.9 Å². The first-order valence-electron chi connectivity index (χ1n) is 23.5. The molecule has 67 heavy (non-hydrogen) atoms. The zero-order chi connectivity index (χ0) is 44.2. The van der Waals surface area contributed by atoms with E-state index in [0.29, 0.717) is 0 Å². The predicted octanol–water partition coefficient (Wildman–Crippen LogP) is 16.6. The minimum Gasteiger partial charge on any atom is -0.310 e. The maximum absolute atomic E-state index is 2.70. The highest BCUT2D eigenvalue weighted by atomic mass is 15.3. The summed E-state index contributed by atoms with van der Waals surface area (Å²) in [4.78, 5) is 2.50.